The van der Waals surface area contributed by atoms with Crippen molar-refractivity contribution in [2.45, 2.75) is 50.4 Å². The zero-order chi connectivity index (χ0) is 21.1. The molecule has 7 nitrogen and oxygen atoms in total. The van der Waals surface area contributed by atoms with E-state index in [0.29, 0.717) is 13.1 Å². The van der Waals surface area contributed by atoms with E-state index in [9.17, 15) is 14.4 Å². The van der Waals surface area contributed by atoms with E-state index in [1.165, 1.54) is 0 Å². The molecule has 0 aliphatic carbocycles. The second-order valence-electron chi connectivity index (χ2n) is 7.68. The van der Waals surface area contributed by atoms with Crippen LogP contribution in [-0.4, -0.2) is 66.9 Å². The lowest BCUT2D eigenvalue weighted by molar-refractivity contribution is -0.166. The van der Waals surface area contributed by atoms with Crippen molar-refractivity contribution in [3.63, 3.8) is 0 Å². The lowest BCUT2D eigenvalue weighted by Gasteiger charge is -2.36. The number of nitrogens with zero attached hydrogens (tertiary/aromatic N) is 2. The van der Waals surface area contributed by atoms with E-state index in [1.54, 1.807) is 28.5 Å². The van der Waals surface area contributed by atoms with Crippen LogP contribution < -0.4 is 4.90 Å². The first-order chi connectivity index (χ1) is 13.8. The number of amides is 2. The number of carbonyl (C=O) groups is 3. The number of rotatable bonds is 5. The number of hydrogen-bond acceptors (Lipinski definition) is 6. The second-order valence-corrected chi connectivity index (χ2v) is 8.56. The van der Waals surface area contributed by atoms with E-state index < -0.39 is 18.0 Å². The van der Waals surface area contributed by atoms with Gasteiger partial charge in [-0.2, -0.15) is 0 Å². The smallest absolute Gasteiger partial charge is 0.312 e. The monoisotopic (exact) mass is 420 g/mol. The molecule has 0 aromatic heterocycles. The largest absolute Gasteiger partial charge is 0.452 e. The molecule has 0 spiro atoms. The Balaban J connectivity index is 1.57. The van der Waals surface area contributed by atoms with E-state index in [4.69, 9.17) is 9.47 Å². The molecule has 4 unspecified atom stereocenters. The fourth-order valence-corrected chi connectivity index (χ4v) is 4.22. The summed E-state index contributed by atoms with van der Waals surface area (Å²) in [4.78, 5) is 42.1. The predicted octanol–water partition coefficient (Wildman–Crippen LogP) is 2.33. The number of benzene rings is 1. The summed E-state index contributed by atoms with van der Waals surface area (Å²) in [5.41, 5.74) is 0.767. The quantitative estimate of drug-likeness (QED) is 0.538. The number of ether oxygens (including phenoxy) is 2. The normalized spacial score (nSPS) is 25.8. The molecule has 2 heterocycles. The zero-order valence-electron chi connectivity index (χ0n) is 17.3. The van der Waals surface area contributed by atoms with Crippen LogP contribution in [0, 0.1) is 5.92 Å². The van der Waals surface area contributed by atoms with Gasteiger partial charge < -0.3 is 19.3 Å². The molecule has 29 heavy (non-hydrogen) atoms. The van der Waals surface area contributed by atoms with Gasteiger partial charge in [0.1, 0.15) is 0 Å². The maximum atomic E-state index is 12.7. The standard InChI is InChI=1S/C21H28N2O5S/c1-13-10-22(11-14(2)27-13)20(25)15(3)28-21(26)16-9-19(24)23(12-16)17-5-7-18(29-4)8-6-17/h5-8,13-16H,9-12H2,1-4H3. The van der Waals surface area contributed by atoms with E-state index in [2.05, 4.69) is 0 Å². The summed E-state index contributed by atoms with van der Waals surface area (Å²) in [7, 11) is 0. The highest BCUT2D eigenvalue weighted by Gasteiger charge is 2.38. The topological polar surface area (TPSA) is 76.2 Å². The van der Waals surface area contributed by atoms with Crippen LogP contribution in [0.1, 0.15) is 27.2 Å². The minimum absolute atomic E-state index is 0.0518. The molecule has 3 rings (SSSR count). The van der Waals surface area contributed by atoms with Gasteiger partial charge in [-0.3, -0.25) is 14.4 Å². The molecule has 0 radical (unpaired) electrons. The number of hydrogen-bond donors (Lipinski definition) is 0. The molecular formula is C21H28N2O5S. The Morgan fingerprint density at radius 1 is 1.14 bits per heavy atom. The highest BCUT2D eigenvalue weighted by molar-refractivity contribution is 7.98. The molecule has 4 atom stereocenters. The minimum atomic E-state index is -0.884. The van der Waals surface area contributed by atoms with E-state index in [1.807, 2.05) is 44.4 Å². The van der Waals surface area contributed by atoms with Gasteiger partial charge in [0.15, 0.2) is 6.10 Å². The minimum Gasteiger partial charge on any atom is -0.452 e. The van der Waals surface area contributed by atoms with Crippen LogP contribution in [0.15, 0.2) is 29.2 Å². The summed E-state index contributed by atoms with van der Waals surface area (Å²) in [6.45, 7) is 6.64. The van der Waals surface area contributed by atoms with Gasteiger partial charge in [0.25, 0.3) is 5.91 Å². The van der Waals surface area contributed by atoms with E-state index in [-0.39, 0.29) is 37.0 Å². The average molecular weight is 421 g/mol. The van der Waals surface area contributed by atoms with Crippen molar-refractivity contribution in [3.8, 4) is 0 Å². The maximum absolute atomic E-state index is 12.7. The van der Waals surface area contributed by atoms with Crippen molar-refractivity contribution in [2.75, 3.05) is 30.8 Å². The Morgan fingerprint density at radius 2 is 1.76 bits per heavy atom. The summed E-state index contributed by atoms with van der Waals surface area (Å²) < 4.78 is 11.1. The Morgan fingerprint density at radius 3 is 2.34 bits per heavy atom. The molecule has 2 aliphatic rings. The van der Waals surface area contributed by atoms with Gasteiger partial charge in [-0.05, 0) is 51.3 Å². The van der Waals surface area contributed by atoms with Crippen molar-refractivity contribution < 1.29 is 23.9 Å². The fraction of sp³-hybridized carbons (Fsp3) is 0.571. The zero-order valence-corrected chi connectivity index (χ0v) is 18.1. The Labute approximate surface area is 175 Å². The van der Waals surface area contributed by atoms with Crippen molar-refractivity contribution in [2.24, 2.45) is 5.92 Å². The molecule has 2 saturated heterocycles. The highest BCUT2D eigenvalue weighted by atomic mass is 32.2. The summed E-state index contributed by atoms with van der Waals surface area (Å²) in [5, 5.41) is 0. The summed E-state index contributed by atoms with van der Waals surface area (Å²) in [5.74, 6) is -1.41. The van der Waals surface area contributed by atoms with Gasteiger partial charge in [-0.25, -0.2) is 0 Å². The van der Waals surface area contributed by atoms with Crippen LogP contribution in [-0.2, 0) is 23.9 Å². The molecule has 158 valence electrons. The van der Waals surface area contributed by atoms with Crippen molar-refractivity contribution >= 4 is 35.2 Å². The molecule has 2 aliphatic heterocycles. The Hall–Kier alpha value is -2.06. The van der Waals surface area contributed by atoms with Crippen LogP contribution in [0.4, 0.5) is 5.69 Å². The molecular weight excluding hydrogens is 392 g/mol. The molecule has 0 saturated carbocycles. The Kier molecular flexibility index (Phi) is 6.85. The molecule has 8 heteroatoms. The van der Waals surface area contributed by atoms with Gasteiger partial charge in [0.2, 0.25) is 5.91 Å². The van der Waals surface area contributed by atoms with Crippen molar-refractivity contribution in [1.29, 1.82) is 0 Å². The fourth-order valence-electron chi connectivity index (χ4n) is 3.81. The predicted molar refractivity (Wildman–Crippen MR) is 111 cm³/mol. The number of thioether (sulfide) groups is 1. The molecule has 1 aromatic carbocycles. The molecule has 0 bridgehead atoms. The van der Waals surface area contributed by atoms with Crippen LogP contribution in [0.3, 0.4) is 0 Å². The molecule has 1 aromatic rings. The SMILES string of the molecule is CSc1ccc(N2CC(C(=O)OC(C)C(=O)N3CC(C)OC(C)C3)CC2=O)cc1. The Bertz CT molecular complexity index is 759. The van der Waals surface area contributed by atoms with Crippen LogP contribution in [0.2, 0.25) is 0 Å². The average Bonchev–Trinajstić information content (AvgIpc) is 3.08. The highest BCUT2D eigenvalue weighted by Crippen LogP contribution is 2.28. The number of carbonyl (C=O) groups excluding carboxylic acids is 3. The summed E-state index contributed by atoms with van der Waals surface area (Å²) in [6, 6.07) is 7.66. The molecule has 2 amide bonds. The first-order valence-electron chi connectivity index (χ1n) is 9.87. The lowest BCUT2D eigenvalue weighted by Crippen LogP contribution is -2.51. The summed E-state index contributed by atoms with van der Waals surface area (Å²) in [6.07, 6.45) is 1.09. The van der Waals surface area contributed by atoms with Gasteiger partial charge in [0.05, 0.1) is 18.1 Å². The molecule has 0 N–H and O–H groups in total. The van der Waals surface area contributed by atoms with Gasteiger partial charge >= 0.3 is 5.97 Å². The summed E-state index contributed by atoms with van der Waals surface area (Å²) >= 11 is 1.63. The van der Waals surface area contributed by atoms with Crippen LogP contribution >= 0.6 is 11.8 Å². The van der Waals surface area contributed by atoms with E-state index >= 15 is 0 Å². The number of morpholine rings is 1. The van der Waals surface area contributed by atoms with Crippen molar-refractivity contribution in [3.05, 3.63) is 24.3 Å². The van der Waals surface area contributed by atoms with Crippen LogP contribution in [0.5, 0.6) is 0 Å². The van der Waals surface area contributed by atoms with E-state index in [0.717, 1.165) is 10.6 Å². The third-order valence-corrected chi connectivity index (χ3v) is 5.96. The molecule has 2 fully saturated rings. The third-order valence-electron chi connectivity index (χ3n) is 5.21. The van der Waals surface area contributed by atoms with Gasteiger partial charge in [-0.1, -0.05) is 0 Å². The van der Waals surface area contributed by atoms with Gasteiger partial charge in [0, 0.05) is 36.6 Å². The van der Waals surface area contributed by atoms with Crippen molar-refractivity contribution in [1.82, 2.24) is 4.90 Å². The van der Waals surface area contributed by atoms with Gasteiger partial charge in [-0.15, -0.1) is 11.8 Å². The van der Waals surface area contributed by atoms with Crippen LogP contribution in [0.25, 0.3) is 0 Å². The first-order valence-corrected chi connectivity index (χ1v) is 11.1. The first kappa shape index (κ1) is 21.6. The third kappa shape index (κ3) is 5.11. The lowest BCUT2D eigenvalue weighted by atomic mass is 10.1. The second kappa shape index (κ2) is 9.17. The number of anilines is 1. The maximum Gasteiger partial charge on any atom is 0.312 e. The number of esters is 1.